The van der Waals surface area contributed by atoms with Crippen LogP contribution in [0.25, 0.3) is 10.9 Å². The highest BCUT2D eigenvalue weighted by atomic mass is 16.1. The van der Waals surface area contributed by atoms with E-state index in [1.807, 2.05) is 55.6 Å². The van der Waals surface area contributed by atoms with Crippen molar-refractivity contribution in [2.45, 2.75) is 19.4 Å². The standard InChI is InChI=1S/C17H17N3O/c1-12(15-7-4-5-9-18-15)20-17(21)10-13-11-19-16-8-3-2-6-14(13)16/h2-9,11-12,19H,10H2,1H3,(H,20,21)/t12-/m1/s1. The second kappa shape index (κ2) is 5.79. The van der Waals surface area contributed by atoms with Crippen LogP contribution in [0, 0.1) is 0 Å². The number of hydrogen-bond donors (Lipinski definition) is 2. The van der Waals surface area contributed by atoms with Gasteiger partial charge in [0.1, 0.15) is 0 Å². The van der Waals surface area contributed by atoms with Gasteiger partial charge in [-0.05, 0) is 30.7 Å². The number of fused-ring (bicyclic) bond motifs is 1. The average Bonchev–Trinajstić information content (AvgIpc) is 2.91. The Labute approximate surface area is 123 Å². The van der Waals surface area contributed by atoms with Crippen LogP contribution in [0.3, 0.4) is 0 Å². The van der Waals surface area contributed by atoms with Gasteiger partial charge in [-0.3, -0.25) is 9.78 Å². The topological polar surface area (TPSA) is 57.8 Å². The van der Waals surface area contributed by atoms with E-state index in [9.17, 15) is 4.79 Å². The third-order valence-corrected chi connectivity index (χ3v) is 3.53. The molecule has 0 spiro atoms. The first-order chi connectivity index (χ1) is 10.2. The molecular formula is C17H17N3O. The zero-order valence-electron chi connectivity index (χ0n) is 11.8. The first kappa shape index (κ1) is 13.4. The number of hydrogen-bond acceptors (Lipinski definition) is 2. The van der Waals surface area contributed by atoms with Gasteiger partial charge in [-0.1, -0.05) is 24.3 Å². The lowest BCUT2D eigenvalue weighted by Crippen LogP contribution is -2.28. The van der Waals surface area contributed by atoms with Crippen molar-refractivity contribution in [1.82, 2.24) is 15.3 Å². The largest absolute Gasteiger partial charge is 0.361 e. The van der Waals surface area contributed by atoms with Gasteiger partial charge in [-0.15, -0.1) is 0 Å². The number of pyridine rings is 1. The minimum atomic E-state index is -0.0936. The molecule has 0 fully saturated rings. The van der Waals surface area contributed by atoms with Crippen LogP contribution in [-0.4, -0.2) is 15.9 Å². The number of rotatable bonds is 4. The summed E-state index contributed by atoms with van der Waals surface area (Å²) in [4.78, 5) is 19.6. The number of carbonyl (C=O) groups is 1. The summed E-state index contributed by atoms with van der Waals surface area (Å²) < 4.78 is 0. The van der Waals surface area contributed by atoms with Gasteiger partial charge in [0.25, 0.3) is 0 Å². The van der Waals surface area contributed by atoms with Gasteiger partial charge in [0.15, 0.2) is 0 Å². The third-order valence-electron chi connectivity index (χ3n) is 3.53. The molecule has 1 aromatic carbocycles. The number of H-pyrrole nitrogens is 1. The molecule has 1 amide bonds. The molecule has 0 aliphatic rings. The van der Waals surface area contributed by atoms with Crippen LogP contribution in [0.2, 0.25) is 0 Å². The molecule has 1 atom stereocenters. The lowest BCUT2D eigenvalue weighted by atomic mass is 10.1. The van der Waals surface area contributed by atoms with Crippen LogP contribution in [0.15, 0.2) is 54.9 Å². The van der Waals surface area contributed by atoms with E-state index in [-0.39, 0.29) is 11.9 Å². The SMILES string of the molecule is C[C@@H](NC(=O)Cc1c[nH]c2ccccc12)c1ccccn1. The molecule has 0 radical (unpaired) electrons. The molecule has 0 saturated carbocycles. The minimum Gasteiger partial charge on any atom is -0.361 e. The predicted octanol–water partition coefficient (Wildman–Crippen LogP) is 2.98. The predicted molar refractivity (Wildman–Crippen MR) is 82.8 cm³/mol. The van der Waals surface area contributed by atoms with E-state index < -0.39 is 0 Å². The fourth-order valence-electron chi connectivity index (χ4n) is 2.45. The quantitative estimate of drug-likeness (QED) is 0.771. The second-order valence-corrected chi connectivity index (χ2v) is 5.08. The Hall–Kier alpha value is -2.62. The lowest BCUT2D eigenvalue weighted by molar-refractivity contribution is -0.121. The van der Waals surface area contributed by atoms with E-state index >= 15 is 0 Å². The molecule has 4 nitrogen and oxygen atoms in total. The van der Waals surface area contributed by atoms with Crippen molar-refractivity contribution in [3.8, 4) is 0 Å². The van der Waals surface area contributed by atoms with Crippen LogP contribution in [0.4, 0.5) is 0 Å². The molecule has 2 heterocycles. The number of nitrogens with zero attached hydrogens (tertiary/aromatic N) is 1. The Morgan fingerprint density at radius 2 is 2.05 bits per heavy atom. The molecule has 0 aliphatic carbocycles. The van der Waals surface area contributed by atoms with Crippen molar-refractivity contribution in [2.24, 2.45) is 0 Å². The summed E-state index contributed by atoms with van der Waals surface area (Å²) in [5.41, 5.74) is 2.93. The van der Waals surface area contributed by atoms with Crippen molar-refractivity contribution in [1.29, 1.82) is 0 Å². The highest BCUT2D eigenvalue weighted by Crippen LogP contribution is 2.18. The highest BCUT2D eigenvalue weighted by molar-refractivity contribution is 5.88. The Kier molecular flexibility index (Phi) is 3.69. The van der Waals surface area contributed by atoms with Gasteiger partial charge in [0.2, 0.25) is 5.91 Å². The smallest absolute Gasteiger partial charge is 0.225 e. The van der Waals surface area contributed by atoms with Crippen LogP contribution < -0.4 is 5.32 Å². The number of aromatic amines is 1. The molecule has 0 saturated heterocycles. The van der Waals surface area contributed by atoms with E-state index in [1.165, 1.54) is 0 Å². The Balaban J connectivity index is 1.69. The molecular weight excluding hydrogens is 262 g/mol. The first-order valence-corrected chi connectivity index (χ1v) is 6.99. The molecule has 21 heavy (non-hydrogen) atoms. The van der Waals surface area contributed by atoms with E-state index in [2.05, 4.69) is 15.3 Å². The monoisotopic (exact) mass is 279 g/mol. The molecule has 0 unspecified atom stereocenters. The zero-order chi connectivity index (χ0) is 14.7. The number of aromatic nitrogens is 2. The maximum atomic E-state index is 12.2. The van der Waals surface area contributed by atoms with Crippen molar-refractivity contribution < 1.29 is 4.79 Å². The zero-order valence-corrected chi connectivity index (χ0v) is 11.8. The Morgan fingerprint density at radius 3 is 2.86 bits per heavy atom. The molecule has 2 N–H and O–H groups in total. The number of amides is 1. The summed E-state index contributed by atoms with van der Waals surface area (Å²) in [7, 11) is 0. The van der Waals surface area contributed by atoms with E-state index in [0.29, 0.717) is 6.42 Å². The van der Waals surface area contributed by atoms with E-state index in [4.69, 9.17) is 0 Å². The van der Waals surface area contributed by atoms with Crippen molar-refractivity contribution in [3.63, 3.8) is 0 Å². The molecule has 2 aromatic heterocycles. The van der Waals surface area contributed by atoms with Crippen molar-refractivity contribution >= 4 is 16.8 Å². The fraction of sp³-hybridized carbons (Fsp3) is 0.176. The summed E-state index contributed by atoms with van der Waals surface area (Å²) in [5, 5.41) is 4.08. The molecule has 0 aliphatic heterocycles. The fourth-order valence-corrected chi connectivity index (χ4v) is 2.45. The molecule has 3 rings (SSSR count). The van der Waals surface area contributed by atoms with Gasteiger partial charge in [-0.25, -0.2) is 0 Å². The van der Waals surface area contributed by atoms with Gasteiger partial charge < -0.3 is 10.3 Å². The third kappa shape index (κ3) is 2.94. The maximum Gasteiger partial charge on any atom is 0.225 e. The Morgan fingerprint density at radius 1 is 1.24 bits per heavy atom. The van der Waals surface area contributed by atoms with Crippen molar-refractivity contribution in [3.05, 3.63) is 66.1 Å². The lowest BCUT2D eigenvalue weighted by Gasteiger charge is -2.13. The van der Waals surface area contributed by atoms with Gasteiger partial charge >= 0.3 is 0 Å². The summed E-state index contributed by atoms with van der Waals surface area (Å²) in [6.45, 7) is 1.94. The molecule has 4 heteroatoms. The van der Waals surface area contributed by atoms with Crippen LogP contribution in [0.1, 0.15) is 24.2 Å². The summed E-state index contributed by atoms with van der Waals surface area (Å²) in [6, 6.07) is 13.6. The van der Waals surface area contributed by atoms with E-state index in [0.717, 1.165) is 22.2 Å². The van der Waals surface area contributed by atoms with Gasteiger partial charge in [0.05, 0.1) is 18.2 Å². The summed E-state index contributed by atoms with van der Waals surface area (Å²) >= 11 is 0. The van der Waals surface area contributed by atoms with Gasteiger partial charge in [-0.2, -0.15) is 0 Å². The average molecular weight is 279 g/mol. The van der Waals surface area contributed by atoms with Crippen LogP contribution in [-0.2, 0) is 11.2 Å². The molecule has 106 valence electrons. The van der Waals surface area contributed by atoms with E-state index in [1.54, 1.807) is 6.20 Å². The number of carbonyl (C=O) groups excluding carboxylic acids is 1. The summed E-state index contributed by atoms with van der Waals surface area (Å²) in [6.07, 6.45) is 3.99. The van der Waals surface area contributed by atoms with Gasteiger partial charge in [0, 0.05) is 23.3 Å². The highest BCUT2D eigenvalue weighted by Gasteiger charge is 2.12. The summed E-state index contributed by atoms with van der Waals surface area (Å²) in [5.74, 6) is -0.00194. The first-order valence-electron chi connectivity index (χ1n) is 6.99. The molecule has 3 aromatic rings. The molecule has 0 bridgehead atoms. The van der Waals surface area contributed by atoms with Crippen LogP contribution in [0.5, 0.6) is 0 Å². The van der Waals surface area contributed by atoms with Crippen LogP contribution >= 0.6 is 0 Å². The number of para-hydroxylation sites is 1. The number of benzene rings is 1. The van der Waals surface area contributed by atoms with Crippen molar-refractivity contribution in [2.75, 3.05) is 0 Å². The number of nitrogens with one attached hydrogen (secondary N) is 2. The normalized spacial score (nSPS) is 12.2. The Bertz CT molecular complexity index is 749. The second-order valence-electron chi connectivity index (χ2n) is 5.08. The maximum absolute atomic E-state index is 12.2. The minimum absolute atomic E-state index is 0.00194.